The molecule has 0 atom stereocenters. The Balaban J connectivity index is 3.14. The lowest BCUT2D eigenvalue weighted by Gasteiger charge is -2.07. The van der Waals surface area contributed by atoms with E-state index in [2.05, 4.69) is 35.8 Å². The van der Waals surface area contributed by atoms with E-state index in [0.29, 0.717) is 11.5 Å². The molecule has 1 nitrogen and oxygen atoms in total. The summed E-state index contributed by atoms with van der Waals surface area (Å²) in [7, 11) is 0. The van der Waals surface area contributed by atoms with Gasteiger partial charge in [0.15, 0.2) is 0 Å². The lowest BCUT2D eigenvalue weighted by atomic mass is 10.0. The lowest BCUT2D eigenvalue weighted by Crippen LogP contribution is -1.89. The van der Waals surface area contributed by atoms with Crippen molar-refractivity contribution in [2.45, 2.75) is 19.8 Å². The summed E-state index contributed by atoms with van der Waals surface area (Å²) in [5, 5.41) is 8.62. The van der Waals surface area contributed by atoms with Crippen LogP contribution in [0.2, 0.25) is 0 Å². The molecule has 62 valence electrons. The predicted octanol–water partition coefficient (Wildman–Crippen LogP) is 3.44. The molecule has 0 bridgehead atoms. The fraction of sp³-hybridized carbons (Fsp3) is 0.300. The number of rotatable bonds is 1. The standard InChI is InChI=1S/C10H10BrN/c1-7(2)9-4-3-8(6-12)5-10(9)11/h3-5,7H,1-2H3. The third-order valence-electron chi connectivity index (χ3n) is 1.75. The molecular formula is C10H10BrN. The number of halogens is 1. The smallest absolute Gasteiger partial charge is 0.0992 e. The largest absolute Gasteiger partial charge is 0.192 e. The molecule has 0 N–H and O–H groups in total. The van der Waals surface area contributed by atoms with E-state index in [1.54, 1.807) is 0 Å². The van der Waals surface area contributed by atoms with Gasteiger partial charge in [0.05, 0.1) is 11.6 Å². The van der Waals surface area contributed by atoms with Crippen LogP contribution >= 0.6 is 15.9 Å². The van der Waals surface area contributed by atoms with Gasteiger partial charge in [0, 0.05) is 4.47 Å². The summed E-state index contributed by atoms with van der Waals surface area (Å²) in [5.41, 5.74) is 1.94. The molecular weight excluding hydrogens is 214 g/mol. The van der Waals surface area contributed by atoms with Crippen molar-refractivity contribution in [3.05, 3.63) is 33.8 Å². The number of hydrogen-bond donors (Lipinski definition) is 0. The van der Waals surface area contributed by atoms with Crippen molar-refractivity contribution in [1.82, 2.24) is 0 Å². The maximum atomic E-state index is 8.62. The van der Waals surface area contributed by atoms with Gasteiger partial charge in [0.25, 0.3) is 0 Å². The summed E-state index contributed by atoms with van der Waals surface area (Å²) in [4.78, 5) is 0. The first-order chi connectivity index (χ1) is 5.65. The van der Waals surface area contributed by atoms with Crippen molar-refractivity contribution in [1.29, 1.82) is 5.26 Å². The molecule has 0 radical (unpaired) electrons. The molecule has 0 amide bonds. The van der Waals surface area contributed by atoms with Crippen LogP contribution < -0.4 is 0 Å². The van der Waals surface area contributed by atoms with Gasteiger partial charge in [-0.1, -0.05) is 35.8 Å². The van der Waals surface area contributed by atoms with Crippen LogP contribution in [0, 0.1) is 11.3 Å². The van der Waals surface area contributed by atoms with Crippen LogP contribution in [0.15, 0.2) is 22.7 Å². The fourth-order valence-electron chi connectivity index (χ4n) is 1.06. The minimum Gasteiger partial charge on any atom is -0.192 e. The van der Waals surface area contributed by atoms with E-state index in [0.717, 1.165) is 4.47 Å². The van der Waals surface area contributed by atoms with Crippen LogP contribution in [-0.4, -0.2) is 0 Å². The average molecular weight is 224 g/mol. The predicted molar refractivity (Wildman–Crippen MR) is 52.9 cm³/mol. The van der Waals surface area contributed by atoms with Crippen molar-refractivity contribution in [2.75, 3.05) is 0 Å². The SMILES string of the molecule is CC(C)c1ccc(C#N)cc1Br. The molecule has 12 heavy (non-hydrogen) atoms. The van der Waals surface area contributed by atoms with Crippen LogP contribution in [0.25, 0.3) is 0 Å². The van der Waals surface area contributed by atoms with Gasteiger partial charge in [-0.2, -0.15) is 5.26 Å². The maximum Gasteiger partial charge on any atom is 0.0992 e. The Morgan fingerprint density at radius 3 is 2.50 bits per heavy atom. The molecule has 0 heterocycles. The van der Waals surface area contributed by atoms with E-state index in [4.69, 9.17) is 5.26 Å². The summed E-state index contributed by atoms with van der Waals surface area (Å²) in [6.45, 7) is 4.26. The maximum absolute atomic E-state index is 8.62. The van der Waals surface area contributed by atoms with Crippen LogP contribution in [0.4, 0.5) is 0 Å². The van der Waals surface area contributed by atoms with Gasteiger partial charge in [0.1, 0.15) is 0 Å². The zero-order valence-corrected chi connectivity index (χ0v) is 8.72. The summed E-state index contributed by atoms with van der Waals surface area (Å²) >= 11 is 3.44. The van der Waals surface area contributed by atoms with Gasteiger partial charge in [-0.25, -0.2) is 0 Å². The minimum atomic E-state index is 0.493. The Bertz CT molecular complexity index is 323. The van der Waals surface area contributed by atoms with Gasteiger partial charge in [-0.3, -0.25) is 0 Å². The summed E-state index contributed by atoms with van der Waals surface area (Å²) in [6.07, 6.45) is 0. The molecule has 0 fully saturated rings. The van der Waals surface area contributed by atoms with Crippen LogP contribution in [0.3, 0.4) is 0 Å². The summed E-state index contributed by atoms with van der Waals surface area (Å²) < 4.78 is 1.02. The highest BCUT2D eigenvalue weighted by molar-refractivity contribution is 9.10. The number of hydrogen-bond acceptors (Lipinski definition) is 1. The third-order valence-corrected chi connectivity index (χ3v) is 2.44. The van der Waals surface area contributed by atoms with Gasteiger partial charge >= 0.3 is 0 Å². The molecule has 0 aromatic heterocycles. The highest BCUT2D eigenvalue weighted by atomic mass is 79.9. The number of nitrogens with zero attached hydrogens (tertiary/aromatic N) is 1. The van der Waals surface area contributed by atoms with Crippen molar-refractivity contribution in [2.24, 2.45) is 0 Å². The zero-order valence-electron chi connectivity index (χ0n) is 7.13. The first kappa shape index (κ1) is 9.28. The second kappa shape index (κ2) is 3.73. The van der Waals surface area contributed by atoms with E-state index in [1.165, 1.54) is 5.56 Å². The van der Waals surface area contributed by atoms with Crippen LogP contribution in [-0.2, 0) is 0 Å². The fourth-order valence-corrected chi connectivity index (χ4v) is 1.90. The van der Waals surface area contributed by atoms with Crippen molar-refractivity contribution in [3.63, 3.8) is 0 Å². The molecule has 0 spiro atoms. The van der Waals surface area contributed by atoms with Crippen molar-refractivity contribution >= 4 is 15.9 Å². The molecule has 0 saturated heterocycles. The molecule has 0 aliphatic heterocycles. The van der Waals surface area contributed by atoms with Gasteiger partial charge in [0.2, 0.25) is 0 Å². The second-order valence-electron chi connectivity index (χ2n) is 3.00. The van der Waals surface area contributed by atoms with Crippen molar-refractivity contribution in [3.8, 4) is 6.07 Å². The van der Waals surface area contributed by atoms with Crippen LogP contribution in [0.5, 0.6) is 0 Å². The number of nitriles is 1. The summed E-state index contributed by atoms with van der Waals surface area (Å²) in [5.74, 6) is 0.493. The van der Waals surface area contributed by atoms with Crippen LogP contribution in [0.1, 0.15) is 30.9 Å². The van der Waals surface area contributed by atoms with E-state index in [1.807, 2.05) is 18.2 Å². The number of benzene rings is 1. The molecule has 1 aromatic rings. The van der Waals surface area contributed by atoms with Crippen molar-refractivity contribution < 1.29 is 0 Å². The lowest BCUT2D eigenvalue weighted by molar-refractivity contribution is 0.860. The molecule has 0 aliphatic rings. The Kier molecular flexibility index (Phi) is 2.88. The molecule has 2 heteroatoms. The first-order valence-corrected chi connectivity index (χ1v) is 4.64. The van der Waals surface area contributed by atoms with Gasteiger partial charge in [-0.15, -0.1) is 0 Å². The van der Waals surface area contributed by atoms with E-state index >= 15 is 0 Å². The minimum absolute atomic E-state index is 0.493. The molecule has 0 unspecified atom stereocenters. The molecule has 0 aliphatic carbocycles. The molecule has 1 aromatic carbocycles. The highest BCUT2D eigenvalue weighted by Gasteiger charge is 2.04. The summed E-state index contributed by atoms with van der Waals surface area (Å²) in [6, 6.07) is 7.80. The normalized spacial score (nSPS) is 9.92. The zero-order chi connectivity index (χ0) is 9.14. The highest BCUT2D eigenvalue weighted by Crippen LogP contribution is 2.25. The second-order valence-corrected chi connectivity index (χ2v) is 3.86. The first-order valence-electron chi connectivity index (χ1n) is 3.84. The van der Waals surface area contributed by atoms with E-state index < -0.39 is 0 Å². The Labute approximate surface area is 81.2 Å². The van der Waals surface area contributed by atoms with E-state index in [9.17, 15) is 0 Å². The quantitative estimate of drug-likeness (QED) is 0.716. The monoisotopic (exact) mass is 223 g/mol. The molecule has 0 saturated carbocycles. The molecule has 1 rings (SSSR count). The Hall–Kier alpha value is -0.810. The third kappa shape index (κ3) is 1.86. The van der Waals surface area contributed by atoms with Gasteiger partial charge < -0.3 is 0 Å². The average Bonchev–Trinajstić information content (AvgIpc) is 2.03. The van der Waals surface area contributed by atoms with Gasteiger partial charge in [-0.05, 0) is 23.6 Å². The Morgan fingerprint density at radius 1 is 1.42 bits per heavy atom. The van der Waals surface area contributed by atoms with E-state index in [-0.39, 0.29) is 0 Å². The topological polar surface area (TPSA) is 23.8 Å². The Morgan fingerprint density at radius 2 is 2.08 bits per heavy atom.